The molecule has 2 unspecified atom stereocenters. The summed E-state index contributed by atoms with van der Waals surface area (Å²) in [5, 5.41) is 0. The Labute approximate surface area is 90.2 Å². The summed E-state index contributed by atoms with van der Waals surface area (Å²) in [5.74, 6) is 0.467. The minimum Gasteiger partial charge on any atom is -0.355 e. The molecular weight excluding hydrogens is 188 g/mol. The number of fused-ring (bicyclic) bond motifs is 3. The van der Waals surface area contributed by atoms with Crippen molar-refractivity contribution in [3.63, 3.8) is 0 Å². The van der Waals surface area contributed by atoms with Crippen LogP contribution in [0.15, 0.2) is 12.1 Å². The first-order chi connectivity index (χ1) is 7.25. The molecular formula is C13H16O2. The molecule has 0 N–H and O–H groups in total. The van der Waals surface area contributed by atoms with Gasteiger partial charge in [0.15, 0.2) is 0 Å². The average molecular weight is 204 g/mol. The molecule has 0 aromatic heterocycles. The fourth-order valence-electron chi connectivity index (χ4n) is 2.99. The average Bonchev–Trinajstić information content (AvgIpc) is 2.54. The highest BCUT2D eigenvalue weighted by molar-refractivity contribution is 5.45. The Bertz CT molecular complexity index is 398. The molecule has 1 aliphatic carbocycles. The summed E-state index contributed by atoms with van der Waals surface area (Å²) in [6.07, 6.45) is 1.42. The second kappa shape index (κ2) is 3.32. The van der Waals surface area contributed by atoms with Crippen LogP contribution >= 0.6 is 0 Å². The van der Waals surface area contributed by atoms with Crippen molar-refractivity contribution in [2.75, 3.05) is 13.4 Å². The van der Waals surface area contributed by atoms with E-state index in [9.17, 15) is 0 Å². The number of rotatable bonds is 0. The summed E-state index contributed by atoms with van der Waals surface area (Å²) in [6.45, 7) is 5.64. The number of hydrogen-bond acceptors (Lipinski definition) is 2. The highest BCUT2D eigenvalue weighted by Crippen LogP contribution is 2.39. The van der Waals surface area contributed by atoms with E-state index in [1.165, 1.54) is 22.3 Å². The molecule has 0 bridgehead atoms. The van der Waals surface area contributed by atoms with Crippen molar-refractivity contribution in [2.24, 2.45) is 0 Å². The van der Waals surface area contributed by atoms with Crippen LogP contribution in [-0.4, -0.2) is 19.5 Å². The van der Waals surface area contributed by atoms with Crippen LogP contribution in [-0.2, 0) is 15.9 Å². The van der Waals surface area contributed by atoms with Crippen molar-refractivity contribution in [2.45, 2.75) is 32.3 Å². The van der Waals surface area contributed by atoms with Gasteiger partial charge in [-0.2, -0.15) is 0 Å². The van der Waals surface area contributed by atoms with Crippen molar-refractivity contribution >= 4 is 0 Å². The lowest BCUT2D eigenvalue weighted by Crippen LogP contribution is -2.29. The Hall–Kier alpha value is -0.860. The first-order valence-corrected chi connectivity index (χ1v) is 5.55. The highest BCUT2D eigenvalue weighted by Gasteiger charge is 2.36. The lowest BCUT2D eigenvalue weighted by atomic mass is 9.94. The van der Waals surface area contributed by atoms with Gasteiger partial charge in [0, 0.05) is 5.92 Å². The molecule has 1 heterocycles. The van der Waals surface area contributed by atoms with Gasteiger partial charge in [0.25, 0.3) is 0 Å². The first kappa shape index (κ1) is 9.37. The molecule has 3 rings (SSSR count). The molecule has 1 aromatic carbocycles. The molecule has 2 nitrogen and oxygen atoms in total. The molecule has 1 fully saturated rings. The monoisotopic (exact) mass is 204 g/mol. The van der Waals surface area contributed by atoms with E-state index in [-0.39, 0.29) is 0 Å². The van der Waals surface area contributed by atoms with Gasteiger partial charge < -0.3 is 9.47 Å². The van der Waals surface area contributed by atoms with Crippen molar-refractivity contribution in [1.82, 2.24) is 0 Å². The maximum atomic E-state index is 5.66. The second-order valence-electron chi connectivity index (χ2n) is 4.66. The molecule has 15 heavy (non-hydrogen) atoms. The normalized spacial score (nSPS) is 28.7. The molecule has 0 amide bonds. The van der Waals surface area contributed by atoms with Crippen LogP contribution < -0.4 is 0 Å². The van der Waals surface area contributed by atoms with Crippen LogP contribution in [0.5, 0.6) is 0 Å². The number of hydrogen-bond donors (Lipinski definition) is 0. The van der Waals surface area contributed by atoms with Gasteiger partial charge in [-0.1, -0.05) is 17.7 Å². The molecule has 0 saturated carbocycles. The molecule has 2 atom stereocenters. The van der Waals surface area contributed by atoms with Crippen LogP contribution in [0, 0.1) is 13.8 Å². The van der Waals surface area contributed by atoms with E-state index < -0.39 is 0 Å². The molecule has 2 heteroatoms. The summed E-state index contributed by atoms with van der Waals surface area (Å²) < 4.78 is 11.1. The van der Waals surface area contributed by atoms with Crippen molar-refractivity contribution in [1.29, 1.82) is 0 Å². The lowest BCUT2D eigenvalue weighted by molar-refractivity contribution is -0.145. The predicted octanol–water partition coefficient (Wildman–Crippen LogP) is 2.32. The van der Waals surface area contributed by atoms with Crippen molar-refractivity contribution < 1.29 is 9.47 Å². The molecule has 0 spiro atoms. The van der Waals surface area contributed by atoms with Gasteiger partial charge in [-0.25, -0.2) is 0 Å². The van der Waals surface area contributed by atoms with E-state index in [0.29, 0.717) is 18.8 Å². The van der Waals surface area contributed by atoms with Gasteiger partial charge in [0.05, 0.1) is 12.7 Å². The molecule has 1 aliphatic heterocycles. The Morgan fingerprint density at radius 2 is 2.13 bits per heavy atom. The first-order valence-electron chi connectivity index (χ1n) is 5.55. The van der Waals surface area contributed by atoms with Crippen molar-refractivity contribution in [3.8, 4) is 0 Å². The van der Waals surface area contributed by atoms with Crippen LogP contribution in [0.3, 0.4) is 0 Å². The van der Waals surface area contributed by atoms with Gasteiger partial charge in [-0.15, -0.1) is 0 Å². The standard InChI is InChI=1S/C13H16O2/c1-8-3-9(2)13-10(4-8)5-12-11(13)6-14-7-15-12/h3-4,11-12H,5-7H2,1-2H3. The Balaban J connectivity index is 2.08. The zero-order chi connectivity index (χ0) is 10.4. The minimum atomic E-state index is 0.356. The largest absolute Gasteiger partial charge is 0.355 e. The summed E-state index contributed by atoms with van der Waals surface area (Å²) in [4.78, 5) is 0. The Kier molecular flexibility index (Phi) is 2.08. The topological polar surface area (TPSA) is 18.5 Å². The molecule has 80 valence electrons. The number of benzene rings is 1. The second-order valence-corrected chi connectivity index (χ2v) is 4.66. The zero-order valence-corrected chi connectivity index (χ0v) is 9.25. The van der Waals surface area contributed by atoms with Crippen molar-refractivity contribution in [3.05, 3.63) is 34.4 Å². The van der Waals surface area contributed by atoms with Gasteiger partial charge >= 0.3 is 0 Å². The summed E-state index contributed by atoms with van der Waals surface area (Å²) in [6, 6.07) is 4.56. The number of ether oxygens (including phenoxy) is 2. The molecule has 1 saturated heterocycles. The third-order valence-electron chi connectivity index (χ3n) is 3.52. The van der Waals surface area contributed by atoms with Gasteiger partial charge in [-0.3, -0.25) is 0 Å². The SMILES string of the molecule is Cc1cc(C)c2c(c1)CC1OCOCC21. The maximum absolute atomic E-state index is 5.66. The van der Waals surface area contributed by atoms with Gasteiger partial charge in [0.2, 0.25) is 0 Å². The van der Waals surface area contributed by atoms with E-state index in [2.05, 4.69) is 26.0 Å². The third kappa shape index (κ3) is 1.40. The van der Waals surface area contributed by atoms with Gasteiger partial charge in [-0.05, 0) is 37.0 Å². The van der Waals surface area contributed by atoms with E-state index in [4.69, 9.17) is 9.47 Å². The highest BCUT2D eigenvalue weighted by atomic mass is 16.7. The van der Waals surface area contributed by atoms with Crippen LogP contribution in [0.1, 0.15) is 28.2 Å². The fourth-order valence-corrected chi connectivity index (χ4v) is 2.99. The van der Waals surface area contributed by atoms with E-state index >= 15 is 0 Å². The quantitative estimate of drug-likeness (QED) is 0.645. The summed E-state index contributed by atoms with van der Waals surface area (Å²) >= 11 is 0. The Morgan fingerprint density at radius 3 is 3.00 bits per heavy atom. The smallest absolute Gasteiger partial charge is 0.147 e. The molecule has 1 aromatic rings. The Morgan fingerprint density at radius 1 is 1.27 bits per heavy atom. The predicted molar refractivity (Wildman–Crippen MR) is 58.1 cm³/mol. The zero-order valence-electron chi connectivity index (χ0n) is 9.25. The minimum absolute atomic E-state index is 0.356. The third-order valence-corrected chi connectivity index (χ3v) is 3.52. The van der Waals surface area contributed by atoms with Crippen LogP contribution in [0.2, 0.25) is 0 Å². The fraction of sp³-hybridized carbons (Fsp3) is 0.538. The molecule has 2 aliphatic rings. The lowest BCUT2D eigenvalue weighted by Gasteiger charge is -2.26. The summed E-state index contributed by atoms with van der Waals surface area (Å²) in [5.41, 5.74) is 5.69. The van der Waals surface area contributed by atoms with E-state index in [1.807, 2.05) is 0 Å². The van der Waals surface area contributed by atoms with Crippen LogP contribution in [0.25, 0.3) is 0 Å². The van der Waals surface area contributed by atoms with Gasteiger partial charge in [0.1, 0.15) is 6.79 Å². The maximum Gasteiger partial charge on any atom is 0.147 e. The van der Waals surface area contributed by atoms with E-state index in [1.54, 1.807) is 0 Å². The van der Waals surface area contributed by atoms with Crippen LogP contribution in [0.4, 0.5) is 0 Å². The van der Waals surface area contributed by atoms with E-state index in [0.717, 1.165) is 13.0 Å². The molecule has 0 radical (unpaired) electrons. The number of aryl methyl sites for hydroxylation is 2. The summed E-state index contributed by atoms with van der Waals surface area (Å²) in [7, 11) is 0.